The number of hydrogen-bond acceptors (Lipinski definition) is 5. The van der Waals surface area contributed by atoms with E-state index in [9.17, 15) is 0 Å². The Labute approximate surface area is 266 Å². The van der Waals surface area contributed by atoms with Crippen LogP contribution in [0.2, 0.25) is 0 Å². The SMILES string of the molecule is COc1ccc(N(c2cc(Br)cc(N(c3ccc4c(c3)C(C)(C)c3ccccc3-4)c3ccccn3)c2)c2ccccn2)cc1. The molecule has 0 bridgehead atoms. The van der Waals surface area contributed by atoms with Crippen molar-refractivity contribution in [1.29, 1.82) is 0 Å². The number of aromatic nitrogens is 2. The average Bonchev–Trinajstić information content (AvgIpc) is 3.28. The van der Waals surface area contributed by atoms with E-state index in [0.717, 1.165) is 44.6 Å². The van der Waals surface area contributed by atoms with Gasteiger partial charge in [-0.25, -0.2) is 9.97 Å². The molecule has 6 heteroatoms. The maximum absolute atomic E-state index is 5.44. The second-order valence-corrected chi connectivity index (χ2v) is 12.2. The number of hydrogen-bond donors (Lipinski definition) is 0. The van der Waals surface area contributed by atoms with Crippen molar-refractivity contribution in [3.8, 4) is 16.9 Å². The van der Waals surface area contributed by atoms with Crippen LogP contribution >= 0.6 is 15.9 Å². The smallest absolute Gasteiger partial charge is 0.137 e. The normalized spacial score (nSPS) is 12.7. The summed E-state index contributed by atoms with van der Waals surface area (Å²) < 4.78 is 6.38. The molecule has 0 aliphatic heterocycles. The van der Waals surface area contributed by atoms with Gasteiger partial charge in [-0.15, -0.1) is 0 Å². The lowest BCUT2D eigenvalue weighted by Crippen LogP contribution is -2.17. The second-order valence-electron chi connectivity index (χ2n) is 11.3. The number of ether oxygens (including phenoxy) is 1. The van der Waals surface area contributed by atoms with E-state index in [2.05, 4.69) is 100 Å². The van der Waals surface area contributed by atoms with Crippen molar-refractivity contribution in [2.75, 3.05) is 16.9 Å². The molecule has 6 aromatic rings. The van der Waals surface area contributed by atoms with Crippen molar-refractivity contribution < 1.29 is 4.74 Å². The second kappa shape index (κ2) is 11.3. The largest absolute Gasteiger partial charge is 0.497 e. The van der Waals surface area contributed by atoms with E-state index in [1.165, 1.54) is 22.3 Å². The van der Waals surface area contributed by atoms with E-state index < -0.39 is 0 Å². The molecule has 7 rings (SSSR count). The molecule has 0 unspecified atom stereocenters. The first-order valence-electron chi connectivity index (χ1n) is 14.6. The van der Waals surface area contributed by atoms with E-state index in [4.69, 9.17) is 14.7 Å². The maximum Gasteiger partial charge on any atom is 0.137 e. The molecule has 4 aromatic carbocycles. The van der Waals surface area contributed by atoms with Gasteiger partial charge >= 0.3 is 0 Å². The van der Waals surface area contributed by atoms with Gasteiger partial charge in [-0.3, -0.25) is 9.80 Å². The number of fused-ring (bicyclic) bond motifs is 3. The zero-order chi connectivity index (χ0) is 30.3. The fraction of sp³-hybridized carbons (Fsp3) is 0.105. The van der Waals surface area contributed by atoms with E-state index >= 15 is 0 Å². The highest BCUT2D eigenvalue weighted by Gasteiger charge is 2.35. The van der Waals surface area contributed by atoms with Crippen LogP contribution in [0, 0.1) is 0 Å². The minimum absolute atomic E-state index is 0.121. The molecule has 1 aliphatic carbocycles. The summed E-state index contributed by atoms with van der Waals surface area (Å²) >= 11 is 3.84. The molecule has 0 fully saturated rings. The Balaban J connectivity index is 1.40. The standard InChI is InChI=1S/C38H31BrN4O/c1-38(2)34-11-5-4-10-32(34)33-19-16-28(25-35(33)38)43(37-13-7-9-21-41-37)30-23-26(39)22-29(24-30)42(36-12-6-8-20-40-36)27-14-17-31(44-3)18-15-27/h4-25H,1-3H3. The van der Waals surface area contributed by atoms with Crippen molar-refractivity contribution in [1.82, 2.24) is 9.97 Å². The highest BCUT2D eigenvalue weighted by atomic mass is 79.9. The molecule has 0 amide bonds. The summed E-state index contributed by atoms with van der Waals surface area (Å²) in [5.41, 5.74) is 9.06. The molecule has 216 valence electrons. The molecule has 0 saturated heterocycles. The van der Waals surface area contributed by atoms with Crippen molar-refractivity contribution in [3.05, 3.63) is 149 Å². The quantitative estimate of drug-likeness (QED) is 0.174. The van der Waals surface area contributed by atoms with Crippen molar-refractivity contribution in [2.24, 2.45) is 0 Å². The Morgan fingerprint density at radius 2 is 1.14 bits per heavy atom. The summed E-state index contributed by atoms with van der Waals surface area (Å²) in [5, 5.41) is 0. The molecule has 0 atom stereocenters. The van der Waals surface area contributed by atoms with E-state index in [-0.39, 0.29) is 5.41 Å². The Hall–Kier alpha value is -4.94. The van der Waals surface area contributed by atoms with E-state index in [1.54, 1.807) is 7.11 Å². The lowest BCUT2D eigenvalue weighted by molar-refractivity contribution is 0.415. The summed E-state index contributed by atoms with van der Waals surface area (Å²) in [5.74, 6) is 2.44. The maximum atomic E-state index is 5.44. The number of anilines is 6. The molecule has 0 spiro atoms. The number of methoxy groups -OCH3 is 1. The van der Waals surface area contributed by atoms with Gasteiger partial charge in [0.2, 0.25) is 0 Å². The van der Waals surface area contributed by atoms with Crippen LogP contribution in [0.4, 0.5) is 34.4 Å². The molecule has 0 radical (unpaired) electrons. The van der Waals surface area contributed by atoms with Crippen LogP contribution in [0.3, 0.4) is 0 Å². The highest BCUT2D eigenvalue weighted by molar-refractivity contribution is 9.10. The number of rotatable bonds is 7. The van der Waals surface area contributed by atoms with Gasteiger partial charge in [0.25, 0.3) is 0 Å². The third kappa shape index (κ3) is 4.91. The van der Waals surface area contributed by atoms with Gasteiger partial charge in [-0.05, 0) is 101 Å². The van der Waals surface area contributed by atoms with Gasteiger partial charge in [-0.2, -0.15) is 0 Å². The minimum atomic E-state index is -0.121. The zero-order valence-electron chi connectivity index (χ0n) is 24.8. The Morgan fingerprint density at radius 3 is 1.75 bits per heavy atom. The number of pyridine rings is 2. The Kier molecular flexibility index (Phi) is 7.15. The van der Waals surface area contributed by atoms with Gasteiger partial charge in [0.05, 0.1) is 18.5 Å². The summed E-state index contributed by atoms with van der Waals surface area (Å²) in [6.45, 7) is 4.62. The van der Waals surface area contributed by atoms with Crippen LogP contribution < -0.4 is 14.5 Å². The molecule has 2 heterocycles. The highest BCUT2D eigenvalue weighted by Crippen LogP contribution is 2.51. The number of halogens is 1. The predicted octanol–water partition coefficient (Wildman–Crippen LogP) is 10.5. The van der Waals surface area contributed by atoms with Crippen LogP contribution in [0.5, 0.6) is 5.75 Å². The lowest BCUT2D eigenvalue weighted by atomic mass is 9.82. The van der Waals surface area contributed by atoms with E-state index in [0.29, 0.717) is 0 Å². The van der Waals surface area contributed by atoms with Gasteiger partial charge in [0.15, 0.2) is 0 Å². The number of benzene rings is 4. The molecule has 44 heavy (non-hydrogen) atoms. The topological polar surface area (TPSA) is 41.5 Å². The molecular formula is C38H31BrN4O. The first kappa shape index (κ1) is 27.9. The summed E-state index contributed by atoms with van der Waals surface area (Å²) in [6.07, 6.45) is 3.65. The van der Waals surface area contributed by atoms with Crippen LogP contribution in [0.25, 0.3) is 11.1 Å². The first-order valence-corrected chi connectivity index (χ1v) is 15.3. The molecular weight excluding hydrogens is 608 g/mol. The van der Waals surface area contributed by atoms with Crippen molar-refractivity contribution >= 4 is 50.3 Å². The van der Waals surface area contributed by atoms with Gasteiger partial charge < -0.3 is 4.74 Å². The molecule has 1 aliphatic rings. The summed E-state index contributed by atoms with van der Waals surface area (Å²) in [6, 6.07) is 41.9. The fourth-order valence-corrected chi connectivity index (χ4v) is 6.65. The van der Waals surface area contributed by atoms with Crippen molar-refractivity contribution in [2.45, 2.75) is 19.3 Å². The van der Waals surface area contributed by atoms with Gasteiger partial charge in [0, 0.05) is 33.7 Å². The van der Waals surface area contributed by atoms with Crippen molar-refractivity contribution in [3.63, 3.8) is 0 Å². The Morgan fingerprint density at radius 1 is 0.568 bits per heavy atom. The zero-order valence-corrected chi connectivity index (χ0v) is 26.4. The van der Waals surface area contributed by atoms with Crippen LogP contribution in [-0.4, -0.2) is 17.1 Å². The Bertz CT molecular complexity index is 1940. The lowest BCUT2D eigenvalue weighted by Gasteiger charge is -2.29. The van der Waals surface area contributed by atoms with Gasteiger partial charge in [-0.1, -0.05) is 72.2 Å². The number of nitrogens with zero attached hydrogens (tertiary/aromatic N) is 4. The monoisotopic (exact) mass is 638 g/mol. The average molecular weight is 640 g/mol. The van der Waals surface area contributed by atoms with Crippen LogP contribution in [-0.2, 0) is 5.41 Å². The third-order valence-corrected chi connectivity index (χ3v) is 8.75. The third-order valence-electron chi connectivity index (χ3n) is 8.30. The minimum Gasteiger partial charge on any atom is -0.497 e. The predicted molar refractivity (Wildman–Crippen MR) is 183 cm³/mol. The molecule has 0 N–H and O–H groups in total. The summed E-state index contributed by atoms with van der Waals surface area (Å²) in [4.78, 5) is 13.9. The summed E-state index contributed by atoms with van der Waals surface area (Å²) in [7, 11) is 1.68. The first-order chi connectivity index (χ1) is 21.4. The van der Waals surface area contributed by atoms with Crippen LogP contribution in [0.1, 0.15) is 25.0 Å². The fourth-order valence-electron chi connectivity index (χ4n) is 6.18. The molecule has 5 nitrogen and oxygen atoms in total. The van der Waals surface area contributed by atoms with E-state index in [1.807, 2.05) is 73.1 Å². The van der Waals surface area contributed by atoms with Gasteiger partial charge in [0.1, 0.15) is 17.4 Å². The molecule has 0 saturated carbocycles. The van der Waals surface area contributed by atoms with Crippen LogP contribution in [0.15, 0.2) is 138 Å². The molecule has 2 aromatic heterocycles.